The maximum atomic E-state index is 14.2. The van der Waals surface area contributed by atoms with Crippen LogP contribution in [0, 0.1) is 11.6 Å². The third-order valence-corrected chi connectivity index (χ3v) is 4.30. The molecule has 0 aliphatic rings. The van der Waals surface area contributed by atoms with Gasteiger partial charge in [-0.05, 0) is 19.1 Å². The Morgan fingerprint density at radius 1 is 1.17 bits per heavy atom. The minimum atomic E-state index is -0.679. The molecule has 1 atom stereocenters. The lowest BCUT2D eigenvalue weighted by atomic mass is 10.2. The number of nitrogens with zero attached hydrogens (tertiary/aromatic N) is 5. The fourth-order valence-electron chi connectivity index (χ4n) is 2.84. The van der Waals surface area contributed by atoms with Gasteiger partial charge in [0.2, 0.25) is 0 Å². The largest absolute Gasteiger partial charge is 0.392 e. The topological polar surface area (TPSA) is 102 Å². The van der Waals surface area contributed by atoms with Crippen molar-refractivity contribution in [2.24, 2.45) is 0 Å². The van der Waals surface area contributed by atoms with E-state index in [0.717, 1.165) is 6.20 Å². The smallest absolute Gasteiger partial charge is 0.183 e. The van der Waals surface area contributed by atoms with Crippen LogP contribution in [0.3, 0.4) is 0 Å². The predicted molar refractivity (Wildman–Crippen MR) is 104 cm³/mol. The summed E-state index contributed by atoms with van der Waals surface area (Å²) in [6.45, 7) is 1.84. The Hall–Kier alpha value is -3.66. The molecule has 2 N–H and O–H groups in total. The minimum Gasteiger partial charge on any atom is -0.392 e. The lowest BCUT2D eigenvalue weighted by molar-refractivity contribution is 0.208. The Balaban J connectivity index is 1.73. The van der Waals surface area contributed by atoms with Crippen LogP contribution >= 0.6 is 0 Å². The molecular formula is C20H18F2N6O2. The summed E-state index contributed by atoms with van der Waals surface area (Å²) in [4.78, 5) is 8.19. The third-order valence-electron chi connectivity index (χ3n) is 4.30. The highest BCUT2D eigenvalue weighted by molar-refractivity contribution is 5.63. The van der Waals surface area contributed by atoms with E-state index in [1.165, 1.54) is 12.3 Å². The summed E-state index contributed by atoms with van der Waals surface area (Å²) < 4.78 is 34.7. The minimum absolute atomic E-state index is 0.0486. The molecule has 154 valence electrons. The first-order valence-electron chi connectivity index (χ1n) is 9.18. The number of hydrogen-bond acceptors (Lipinski definition) is 7. The molecule has 3 aromatic heterocycles. The highest BCUT2D eigenvalue weighted by atomic mass is 19.1. The van der Waals surface area contributed by atoms with Crippen LogP contribution < -0.4 is 5.32 Å². The van der Waals surface area contributed by atoms with Gasteiger partial charge in [-0.25, -0.2) is 18.7 Å². The van der Waals surface area contributed by atoms with Gasteiger partial charge in [0.25, 0.3) is 0 Å². The zero-order chi connectivity index (χ0) is 21.1. The van der Waals surface area contributed by atoms with Crippen LogP contribution in [0.1, 0.15) is 12.5 Å². The van der Waals surface area contributed by atoms with Gasteiger partial charge < -0.3 is 14.9 Å². The van der Waals surface area contributed by atoms with Crippen molar-refractivity contribution in [2.75, 3.05) is 11.9 Å². The van der Waals surface area contributed by atoms with Crippen LogP contribution in [0.15, 0.2) is 53.4 Å². The van der Waals surface area contributed by atoms with Gasteiger partial charge in [0.1, 0.15) is 23.5 Å². The van der Waals surface area contributed by atoms with Crippen molar-refractivity contribution in [2.45, 2.75) is 19.6 Å². The molecule has 0 amide bonds. The van der Waals surface area contributed by atoms with E-state index in [1.807, 2.05) is 0 Å². The zero-order valence-electron chi connectivity index (χ0n) is 16.0. The molecule has 4 aromatic rings. The molecule has 0 spiro atoms. The van der Waals surface area contributed by atoms with Gasteiger partial charge in [0.15, 0.2) is 17.5 Å². The van der Waals surface area contributed by atoms with Gasteiger partial charge in [-0.3, -0.25) is 4.68 Å². The van der Waals surface area contributed by atoms with Gasteiger partial charge in [0, 0.05) is 18.2 Å². The van der Waals surface area contributed by atoms with Gasteiger partial charge in [-0.15, -0.1) is 0 Å². The van der Waals surface area contributed by atoms with Crippen LogP contribution in [0.5, 0.6) is 0 Å². The lowest BCUT2D eigenvalue weighted by Gasteiger charge is -2.09. The summed E-state index contributed by atoms with van der Waals surface area (Å²) in [6.07, 6.45) is 1.77. The average Bonchev–Trinajstić information content (AvgIpc) is 3.39. The molecular weight excluding hydrogens is 394 g/mol. The van der Waals surface area contributed by atoms with E-state index in [9.17, 15) is 13.9 Å². The number of aromatic nitrogens is 5. The number of benzene rings is 1. The van der Waals surface area contributed by atoms with Crippen molar-refractivity contribution in [1.29, 1.82) is 0 Å². The van der Waals surface area contributed by atoms with Crippen molar-refractivity contribution >= 4 is 5.82 Å². The molecule has 0 radical (unpaired) electrons. The van der Waals surface area contributed by atoms with Gasteiger partial charge in [0.05, 0.1) is 24.5 Å². The van der Waals surface area contributed by atoms with E-state index in [2.05, 4.69) is 25.5 Å². The highest BCUT2D eigenvalue weighted by Crippen LogP contribution is 2.25. The number of rotatable bonds is 7. The molecule has 4 rings (SSSR count). The summed E-state index contributed by atoms with van der Waals surface area (Å²) in [5.41, 5.74) is 1.86. The van der Waals surface area contributed by atoms with Crippen molar-refractivity contribution < 1.29 is 18.4 Å². The summed E-state index contributed by atoms with van der Waals surface area (Å²) in [5, 5.41) is 20.6. The Labute approximate surface area is 170 Å². The molecule has 0 saturated heterocycles. The first-order chi connectivity index (χ1) is 14.5. The number of hydrogen-bond donors (Lipinski definition) is 2. The first kappa shape index (κ1) is 19.6. The van der Waals surface area contributed by atoms with Crippen LogP contribution in [0.4, 0.5) is 14.6 Å². The second-order valence-electron chi connectivity index (χ2n) is 6.67. The van der Waals surface area contributed by atoms with E-state index < -0.39 is 11.9 Å². The monoisotopic (exact) mass is 412 g/mol. The Morgan fingerprint density at radius 3 is 2.73 bits per heavy atom. The van der Waals surface area contributed by atoms with E-state index in [4.69, 9.17) is 4.52 Å². The second-order valence-corrected chi connectivity index (χ2v) is 6.67. The predicted octanol–water partition coefficient (Wildman–Crippen LogP) is 3.11. The maximum Gasteiger partial charge on any atom is 0.183 e. The molecule has 30 heavy (non-hydrogen) atoms. The summed E-state index contributed by atoms with van der Waals surface area (Å²) >= 11 is 0. The third kappa shape index (κ3) is 4.18. The Bertz CT molecular complexity index is 1140. The fourth-order valence-corrected chi connectivity index (χ4v) is 2.84. The van der Waals surface area contributed by atoms with Crippen molar-refractivity contribution in [1.82, 2.24) is 24.9 Å². The molecule has 0 fully saturated rings. The number of nitrogens with one attached hydrogen (secondary N) is 1. The van der Waals surface area contributed by atoms with E-state index in [1.54, 1.807) is 41.9 Å². The normalized spacial score (nSPS) is 12.1. The van der Waals surface area contributed by atoms with Crippen molar-refractivity contribution in [3.63, 3.8) is 0 Å². The van der Waals surface area contributed by atoms with E-state index >= 15 is 0 Å². The van der Waals surface area contributed by atoms with Gasteiger partial charge in [-0.2, -0.15) is 5.10 Å². The molecule has 1 aromatic carbocycles. The van der Waals surface area contributed by atoms with Crippen molar-refractivity contribution in [3.8, 4) is 22.9 Å². The van der Waals surface area contributed by atoms with Crippen molar-refractivity contribution in [3.05, 3.63) is 66.1 Å². The molecule has 0 aliphatic carbocycles. The van der Waals surface area contributed by atoms with Crippen LogP contribution in [-0.4, -0.2) is 42.7 Å². The molecule has 8 nitrogen and oxygen atoms in total. The lowest BCUT2D eigenvalue weighted by Crippen LogP contribution is -2.17. The van der Waals surface area contributed by atoms with E-state index in [0.29, 0.717) is 22.6 Å². The number of anilines is 1. The first-order valence-corrected chi connectivity index (χ1v) is 9.18. The summed E-state index contributed by atoms with van der Waals surface area (Å²) in [6, 6.07) is 9.71. The highest BCUT2D eigenvalue weighted by Gasteiger charge is 2.18. The Kier molecular flexibility index (Phi) is 5.48. The molecule has 0 bridgehead atoms. The van der Waals surface area contributed by atoms with Gasteiger partial charge in [-0.1, -0.05) is 23.4 Å². The average molecular weight is 412 g/mol. The molecule has 3 heterocycles. The van der Waals surface area contributed by atoms with Crippen LogP contribution in [-0.2, 0) is 6.54 Å². The fraction of sp³-hybridized carbons (Fsp3) is 0.200. The molecule has 1 unspecified atom stereocenters. The molecule has 10 heteroatoms. The Morgan fingerprint density at radius 2 is 2.00 bits per heavy atom. The number of halogens is 2. The summed E-state index contributed by atoms with van der Waals surface area (Å²) in [7, 11) is 0. The number of aliphatic hydroxyl groups excluding tert-OH is 1. The standard InChI is InChI=1S/C20H18F2N6O2/c1-12(29)9-23-19-15(22)10-24-20(25-19)17-8-18(16-6-7-30-27-16)28(26-17)11-13-4-2-3-5-14(13)21/h2-8,10,12,29H,9,11H2,1H3,(H,23,24,25). The second kappa shape index (κ2) is 8.37. The molecule has 0 saturated carbocycles. The van der Waals surface area contributed by atoms with Gasteiger partial charge >= 0.3 is 0 Å². The van der Waals surface area contributed by atoms with Crippen LogP contribution in [0.2, 0.25) is 0 Å². The maximum absolute atomic E-state index is 14.2. The quantitative estimate of drug-likeness (QED) is 0.481. The SMILES string of the molecule is CC(O)CNc1nc(-c2cc(-c3ccon3)n(Cc3ccccc3F)n2)ncc1F. The zero-order valence-corrected chi connectivity index (χ0v) is 16.0. The molecule has 0 aliphatic heterocycles. The summed E-state index contributed by atoms with van der Waals surface area (Å²) in [5.74, 6) is -0.890. The van der Waals surface area contributed by atoms with Crippen LogP contribution in [0.25, 0.3) is 22.9 Å². The van der Waals surface area contributed by atoms with E-state index in [-0.39, 0.29) is 30.5 Å². The number of aliphatic hydroxyl groups is 1.